The highest BCUT2D eigenvalue weighted by Crippen LogP contribution is 2.29. The predicted molar refractivity (Wildman–Crippen MR) is 78.3 cm³/mol. The highest BCUT2D eigenvalue weighted by molar-refractivity contribution is 9.10. The summed E-state index contributed by atoms with van der Waals surface area (Å²) in [7, 11) is 0. The summed E-state index contributed by atoms with van der Waals surface area (Å²) in [6, 6.07) is 6.33. The summed E-state index contributed by atoms with van der Waals surface area (Å²) in [4.78, 5) is 4.56. The summed E-state index contributed by atoms with van der Waals surface area (Å²) in [6.45, 7) is 2.13. The van der Waals surface area contributed by atoms with Crippen LogP contribution in [0.3, 0.4) is 0 Å². The van der Waals surface area contributed by atoms with Gasteiger partial charge in [0, 0.05) is 27.8 Å². The van der Waals surface area contributed by atoms with Gasteiger partial charge in [-0.2, -0.15) is 0 Å². The third kappa shape index (κ3) is 2.19. The molecule has 0 saturated carbocycles. The van der Waals surface area contributed by atoms with Gasteiger partial charge in [0.1, 0.15) is 0 Å². The van der Waals surface area contributed by atoms with E-state index in [1.807, 2.05) is 12.3 Å². The van der Waals surface area contributed by atoms with Crippen LogP contribution in [0.1, 0.15) is 27.9 Å². The molecule has 3 rings (SSSR count). The molecule has 1 aromatic carbocycles. The fourth-order valence-electron chi connectivity index (χ4n) is 2.64. The zero-order chi connectivity index (χ0) is 12.7. The Balaban J connectivity index is 2.12. The zero-order valence-electron chi connectivity index (χ0n) is 10.1. The van der Waals surface area contributed by atoms with Gasteiger partial charge < -0.3 is 0 Å². The van der Waals surface area contributed by atoms with E-state index in [0.29, 0.717) is 0 Å². The lowest BCUT2D eigenvalue weighted by molar-refractivity contribution is 0.949. The minimum absolute atomic E-state index is 0.839. The average molecular weight is 323 g/mol. The lowest BCUT2D eigenvalue weighted by Gasteiger charge is -2.10. The molecular weight excluding hydrogens is 310 g/mol. The second kappa shape index (κ2) is 4.67. The Morgan fingerprint density at radius 2 is 1.94 bits per heavy atom. The van der Waals surface area contributed by atoms with Gasteiger partial charge in [0.25, 0.3) is 0 Å². The molecule has 0 spiro atoms. The van der Waals surface area contributed by atoms with Crippen LogP contribution in [-0.4, -0.2) is 4.98 Å². The van der Waals surface area contributed by atoms with Crippen molar-refractivity contribution in [1.82, 2.24) is 4.98 Å². The Hall–Kier alpha value is -0.860. The highest BCUT2D eigenvalue weighted by Gasteiger charge is 2.16. The Kier molecular flexibility index (Phi) is 3.16. The molecule has 1 heterocycles. The van der Waals surface area contributed by atoms with Crippen molar-refractivity contribution in [2.75, 3.05) is 0 Å². The van der Waals surface area contributed by atoms with Crippen molar-refractivity contribution < 1.29 is 0 Å². The number of pyridine rings is 1. The van der Waals surface area contributed by atoms with Crippen LogP contribution in [0.2, 0.25) is 5.02 Å². The molecule has 0 N–H and O–H groups in total. The van der Waals surface area contributed by atoms with Crippen molar-refractivity contribution in [3.8, 4) is 0 Å². The lowest BCUT2D eigenvalue weighted by Crippen LogP contribution is -1.98. The molecule has 0 amide bonds. The van der Waals surface area contributed by atoms with Crippen LogP contribution < -0.4 is 0 Å². The number of benzene rings is 1. The molecule has 0 bridgehead atoms. The maximum absolute atomic E-state index is 6.15. The standard InChI is InChI=1S/C15H13BrClN/c1-9-4-13(17)6-10-2-3-11-5-12(16)8-18-15(11)7-14(9)10/h4-6,8H,2-3,7H2,1H3. The molecule has 92 valence electrons. The van der Waals surface area contributed by atoms with Gasteiger partial charge in [-0.15, -0.1) is 0 Å². The van der Waals surface area contributed by atoms with Crippen molar-refractivity contribution in [1.29, 1.82) is 0 Å². The molecule has 0 aliphatic heterocycles. The van der Waals surface area contributed by atoms with E-state index in [0.717, 1.165) is 28.8 Å². The van der Waals surface area contributed by atoms with E-state index >= 15 is 0 Å². The van der Waals surface area contributed by atoms with Crippen LogP contribution in [0.15, 0.2) is 28.9 Å². The van der Waals surface area contributed by atoms with E-state index in [-0.39, 0.29) is 0 Å². The van der Waals surface area contributed by atoms with Crippen LogP contribution in [0, 0.1) is 6.92 Å². The van der Waals surface area contributed by atoms with E-state index in [9.17, 15) is 0 Å². The number of aryl methyl sites for hydroxylation is 3. The number of nitrogens with zero attached hydrogens (tertiary/aromatic N) is 1. The van der Waals surface area contributed by atoms with Crippen molar-refractivity contribution in [2.45, 2.75) is 26.2 Å². The molecule has 1 aliphatic rings. The molecule has 2 aromatic rings. The number of aromatic nitrogens is 1. The first-order valence-corrected chi connectivity index (χ1v) is 7.22. The molecule has 1 nitrogen and oxygen atoms in total. The maximum Gasteiger partial charge on any atom is 0.0480 e. The van der Waals surface area contributed by atoms with Crippen molar-refractivity contribution in [3.63, 3.8) is 0 Å². The van der Waals surface area contributed by atoms with Gasteiger partial charge in [-0.25, -0.2) is 0 Å². The van der Waals surface area contributed by atoms with Gasteiger partial charge in [-0.3, -0.25) is 4.98 Å². The fraction of sp³-hybridized carbons (Fsp3) is 0.267. The van der Waals surface area contributed by atoms with Gasteiger partial charge in [0.15, 0.2) is 0 Å². The molecule has 1 aliphatic carbocycles. The highest BCUT2D eigenvalue weighted by atomic mass is 79.9. The minimum atomic E-state index is 0.839. The largest absolute Gasteiger partial charge is 0.259 e. The van der Waals surface area contributed by atoms with E-state index in [4.69, 9.17) is 11.6 Å². The second-order valence-electron chi connectivity index (χ2n) is 4.80. The van der Waals surface area contributed by atoms with E-state index in [1.54, 1.807) is 0 Å². The second-order valence-corrected chi connectivity index (χ2v) is 6.15. The fourth-order valence-corrected chi connectivity index (χ4v) is 3.31. The molecule has 0 unspecified atom stereocenters. The molecular formula is C15H13BrClN. The van der Waals surface area contributed by atoms with Crippen molar-refractivity contribution >= 4 is 27.5 Å². The lowest BCUT2D eigenvalue weighted by atomic mass is 9.98. The van der Waals surface area contributed by atoms with Gasteiger partial charge in [-0.1, -0.05) is 11.6 Å². The summed E-state index contributed by atoms with van der Waals surface area (Å²) < 4.78 is 1.06. The predicted octanol–water partition coefficient (Wildman–Crippen LogP) is 4.50. The SMILES string of the molecule is Cc1cc(Cl)cc2c1Cc1ncc(Br)cc1CC2. The monoisotopic (exact) mass is 321 g/mol. The summed E-state index contributed by atoms with van der Waals surface area (Å²) in [5.74, 6) is 0. The Morgan fingerprint density at radius 3 is 2.78 bits per heavy atom. The number of fused-ring (bicyclic) bond motifs is 2. The molecule has 0 saturated heterocycles. The van der Waals surface area contributed by atoms with Crippen LogP contribution in [0.25, 0.3) is 0 Å². The molecule has 3 heteroatoms. The topological polar surface area (TPSA) is 12.9 Å². The molecule has 0 atom stereocenters. The molecule has 1 aromatic heterocycles. The van der Waals surface area contributed by atoms with Crippen LogP contribution >= 0.6 is 27.5 Å². The summed E-state index contributed by atoms with van der Waals surface area (Å²) >= 11 is 9.64. The minimum Gasteiger partial charge on any atom is -0.259 e. The number of hydrogen-bond donors (Lipinski definition) is 0. The van der Waals surface area contributed by atoms with Gasteiger partial charge in [0.2, 0.25) is 0 Å². The molecule has 0 fully saturated rings. The van der Waals surface area contributed by atoms with E-state index in [2.05, 4.69) is 40.0 Å². The number of halogens is 2. The van der Waals surface area contributed by atoms with Crippen molar-refractivity contribution in [2.24, 2.45) is 0 Å². The Labute approximate surface area is 120 Å². The van der Waals surface area contributed by atoms with Gasteiger partial charge in [0.05, 0.1) is 0 Å². The zero-order valence-corrected chi connectivity index (χ0v) is 12.5. The Morgan fingerprint density at radius 1 is 1.17 bits per heavy atom. The maximum atomic E-state index is 6.15. The first-order chi connectivity index (χ1) is 8.63. The quantitative estimate of drug-likeness (QED) is 0.696. The van der Waals surface area contributed by atoms with E-state index < -0.39 is 0 Å². The molecule has 0 radical (unpaired) electrons. The van der Waals surface area contributed by atoms with Gasteiger partial charge in [-0.05, 0) is 76.1 Å². The normalized spacial score (nSPS) is 13.7. The summed E-state index contributed by atoms with van der Waals surface area (Å²) in [5.41, 5.74) is 6.58. The smallest absolute Gasteiger partial charge is 0.0480 e. The third-order valence-corrected chi connectivity index (χ3v) is 4.22. The summed E-state index contributed by atoms with van der Waals surface area (Å²) in [5, 5.41) is 0.839. The van der Waals surface area contributed by atoms with Crippen LogP contribution in [0.4, 0.5) is 0 Å². The third-order valence-electron chi connectivity index (χ3n) is 3.56. The van der Waals surface area contributed by atoms with Crippen molar-refractivity contribution in [3.05, 3.63) is 61.8 Å². The van der Waals surface area contributed by atoms with Crippen LogP contribution in [-0.2, 0) is 19.3 Å². The number of rotatable bonds is 0. The Bertz CT molecular complexity index is 622. The van der Waals surface area contributed by atoms with E-state index in [1.165, 1.54) is 27.9 Å². The van der Waals surface area contributed by atoms with Gasteiger partial charge >= 0.3 is 0 Å². The first-order valence-electron chi connectivity index (χ1n) is 6.04. The number of hydrogen-bond acceptors (Lipinski definition) is 1. The average Bonchev–Trinajstić information content (AvgIpc) is 2.49. The molecule has 18 heavy (non-hydrogen) atoms. The first kappa shape index (κ1) is 12.2. The van der Waals surface area contributed by atoms with Crippen LogP contribution in [0.5, 0.6) is 0 Å². The summed E-state index contributed by atoms with van der Waals surface area (Å²) in [6.07, 6.45) is 4.88.